The zero-order chi connectivity index (χ0) is 20.8. The highest BCUT2D eigenvalue weighted by atomic mass is 32.2. The Balaban J connectivity index is 1.67. The van der Waals surface area contributed by atoms with Crippen LogP contribution in [-0.4, -0.2) is 58.5 Å². The summed E-state index contributed by atoms with van der Waals surface area (Å²) in [5, 5.41) is 0. The van der Waals surface area contributed by atoms with Gasteiger partial charge in [0.2, 0.25) is 5.91 Å². The van der Waals surface area contributed by atoms with E-state index in [0.717, 1.165) is 36.0 Å². The van der Waals surface area contributed by atoms with Crippen molar-refractivity contribution in [3.63, 3.8) is 0 Å². The third kappa shape index (κ3) is 5.48. The van der Waals surface area contributed by atoms with Gasteiger partial charge < -0.3 is 14.2 Å². The van der Waals surface area contributed by atoms with Gasteiger partial charge in [-0.15, -0.1) is 11.8 Å². The van der Waals surface area contributed by atoms with Crippen molar-refractivity contribution in [3.8, 4) is 0 Å². The molecule has 0 bridgehead atoms. The highest BCUT2D eigenvalue weighted by Crippen LogP contribution is 2.18. The van der Waals surface area contributed by atoms with Gasteiger partial charge in [0.05, 0.1) is 28.8 Å². The van der Waals surface area contributed by atoms with Crippen molar-refractivity contribution in [3.05, 3.63) is 29.1 Å². The van der Waals surface area contributed by atoms with Crippen LogP contribution in [0.3, 0.4) is 0 Å². The van der Waals surface area contributed by atoms with Crippen LogP contribution in [0.5, 0.6) is 0 Å². The number of hydrogen-bond donors (Lipinski definition) is 0. The first-order valence-corrected chi connectivity index (χ1v) is 11.6. The third-order valence-corrected chi connectivity index (χ3v) is 6.86. The lowest BCUT2D eigenvalue weighted by Gasteiger charge is -2.33. The first-order valence-electron chi connectivity index (χ1n) is 9.59. The number of amides is 2. The molecule has 0 aliphatic carbocycles. The Hall–Kier alpha value is -2.13. The summed E-state index contributed by atoms with van der Waals surface area (Å²) in [4.78, 5) is 43.1. The Bertz CT molecular complexity index is 966. The van der Waals surface area contributed by atoms with Gasteiger partial charge in [-0.25, -0.2) is 0 Å². The van der Waals surface area contributed by atoms with Crippen molar-refractivity contribution in [1.82, 2.24) is 9.47 Å². The Kier molecular flexibility index (Phi) is 7.49. The van der Waals surface area contributed by atoms with Crippen LogP contribution in [0.25, 0.3) is 10.2 Å². The summed E-state index contributed by atoms with van der Waals surface area (Å²) in [5.41, 5.74) is 0.830. The summed E-state index contributed by atoms with van der Waals surface area (Å²) in [6.07, 6.45) is 3.24. The lowest BCUT2D eigenvalue weighted by Crippen LogP contribution is -2.43. The number of carbonyl (C=O) groups excluding carboxylic acids is 3. The van der Waals surface area contributed by atoms with Crippen LogP contribution in [0.2, 0.25) is 0 Å². The first kappa shape index (κ1) is 21.6. The number of carbonyl (C=O) groups is 3. The molecule has 1 unspecified atom stereocenters. The summed E-state index contributed by atoms with van der Waals surface area (Å²) in [7, 11) is 1.33. The molecule has 3 rings (SSSR count). The van der Waals surface area contributed by atoms with Crippen LogP contribution in [0, 0.1) is 0 Å². The van der Waals surface area contributed by atoms with Gasteiger partial charge in [0, 0.05) is 12.6 Å². The topological polar surface area (TPSA) is 81.0 Å². The van der Waals surface area contributed by atoms with Gasteiger partial charge in [-0.1, -0.05) is 23.5 Å². The number of thiazole rings is 1. The summed E-state index contributed by atoms with van der Waals surface area (Å²) in [5.74, 6) is -0.240. The molecule has 2 aromatic rings. The predicted molar refractivity (Wildman–Crippen MR) is 115 cm³/mol. The molecule has 1 saturated heterocycles. The predicted octanol–water partition coefficient (Wildman–Crippen LogP) is 2.44. The quantitative estimate of drug-likeness (QED) is 0.651. The molecule has 156 valence electrons. The molecule has 0 spiro atoms. The van der Waals surface area contributed by atoms with Gasteiger partial charge in [0.15, 0.2) is 4.80 Å². The maximum absolute atomic E-state index is 12.4. The Morgan fingerprint density at radius 2 is 2.03 bits per heavy atom. The van der Waals surface area contributed by atoms with Crippen LogP contribution < -0.4 is 4.80 Å². The fraction of sp³-hybridized carbons (Fsp3) is 0.500. The van der Waals surface area contributed by atoms with E-state index in [4.69, 9.17) is 4.74 Å². The van der Waals surface area contributed by atoms with Gasteiger partial charge in [-0.05, 0) is 38.3 Å². The monoisotopic (exact) mass is 435 g/mol. The zero-order valence-electron chi connectivity index (χ0n) is 16.6. The van der Waals surface area contributed by atoms with E-state index >= 15 is 0 Å². The van der Waals surface area contributed by atoms with Crippen molar-refractivity contribution >= 4 is 51.1 Å². The van der Waals surface area contributed by atoms with Crippen LogP contribution in [-0.2, 0) is 25.7 Å². The molecule has 1 aromatic heterocycles. The largest absolute Gasteiger partial charge is 0.468 e. The van der Waals surface area contributed by atoms with Crippen LogP contribution in [0.15, 0.2) is 29.3 Å². The number of likely N-dealkylation sites (tertiary alicyclic amines) is 1. The number of piperidine rings is 1. The lowest BCUT2D eigenvalue weighted by atomic mass is 10.0. The smallest absolute Gasteiger partial charge is 0.325 e. The first-order chi connectivity index (χ1) is 14.0. The van der Waals surface area contributed by atoms with Gasteiger partial charge in [-0.2, -0.15) is 4.99 Å². The molecule has 29 heavy (non-hydrogen) atoms. The molecule has 7 nitrogen and oxygen atoms in total. The highest BCUT2D eigenvalue weighted by Gasteiger charge is 2.23. The van der Waals surface area contributed by atoms with E-state index in [1.165, 1.54) is 30.2 Å². The fourth-order valence-electron chi connectivity index (χ4n) is 3.37. The molecule has 0 radical (unpaired) electrons. The average molecular weight is 436 g/mol. The molecule has 1 fully saturated rings. The molecule has 9 heteroatoms. The number of nitrogens with zero attached hydrogens (tertiary/aromatic N) is 3. The van der Waals surface area contributed by atoms with E-state index in [9.17, 15) is 14.4 Å². The van der Waals surface area contributed by atoms with E-state index < -0.39 is 5.97 Å². The number of esters is 1. The van der Waals surface area contributed by atoms with E-state index in [2.05, 4.69) is 11.9 Å². The minimum absolute atomic E-state index is 0.00883. The second-order valence-electron chi connectivity index (χ2n) is 6.94. The number of thioether (sulfide) groups is 1. The standard InChI is InChI=1S/C20H25N3O4S2/c1-14-7-5-6-10-22(14)18(25)13-28-12-17(24)21-20-23(11-19(26)27-2)15-8-3-4-9-16(15)29-20/h3-4,8-9,14H,5-7,10-13H2,1-2H3. The second-order valence-corrected chi connectivity index (χ2v) is 8.94. The Morgan fingerprint density at radius 3 is 2.79 bits per heavy atom. The third-order valence-electron chi connectivity index (χ3n) is 4.90. The Morgan fingerprint density at radius 1 is 1.24 bits per heavy atom. The molecule has 1 aliphatic heterocycles. The van der Waals surface area contributed by atoms with Crippen molar-refractivity contribution < 1.29 is 19.1 Å². The summed E-state index contributed by atoms with van der Waals surface area (Å²) < 4.78 is 7.39. The molecular formula is C20H25N3O4S2. The van der Waals surface area contributed by atoms with Crippen LogP contribution in [0.1, 0.15) is 26.2 Å². The maximum Gasteiger partial charge on any atom is 0.325 e. The molecule has 1 atom stereocenters. The van der Waals surface area contributed by atoms with E-state index in [1.807, 2.05) is 29.2 Å². The molecule has 0 N–H and O–H groups in total. The lowest BCUT2D eigenvalue weighted by molar-refractivity contribution is -0.141. The zero-order valence-corrected chi connectivity index (χ0v) is 18.3. The molecule has 0 saturated carbocycles. The summed E-state index contributed by atoms with van der Waals surface area (Å²) in [6, 6.07) is 7.84. The SMILES string of the molecule is COC(=O)Cn1c(=NC(=O)CSCC(=O)N2CCCCC2C)sc2ccccc21. The van der Waals surface area contributed by atoms with Crippen molar-refractivity contribution in [1.29, 1.82) is 0 Å². The number of para-hydroxylation sites is 1. The number of rotatable bonds is 6. The molecule has 2 heterocycles. The van der Waals surface area contributed by atoms with Crippen molar-refractivity contribution in [2.75, 3.05) is 25.2 Å². The summed E-state index contributed by atoms with van der Waals surface area (Å²) >= 11 is 2.64. The molecule has 1 aromatic carbocycles. The van der Waals surface area contributed by atoms with Gasteiger partial charge in [0.25, 0.3) is 5.91 Å². The van der Waals surface area contributed by atoms with E-state index in [-0.39, 0.29) is 35.9 Å². The molecule has 2 amide bonds. The maximum atomic E-state index is 12.4. The normalized spacial score (nSPS) is 17.5. The van der Waals surface area contributed by atoms with E-state index in [0.29, 0.717) is 4.80 Å². The number of fused-ring (bicyclic) bond motifs is 1. The van der Waals surface area contributed by atoms with Crippen LogP contribution >= 0.6 is 23.1 Å². The van der Waals surface area contributed by atoms with Crippen molar-refractivity contribution in [2.45, 2.75) is 38.8 Å². The number of methoxy groups -OCH3 is 1. The number of ether oxygens (including phenoxy) is 1. The van der Waals surface area contributed by atoms with Crippen molar-refractivity contribution in [2.24, 2.45) is 4.99 Å². The number of hydrogen-bond acceptors (Lipinski definition) is 6. The highest BCUT2D eigenvalue weighted by molar-refractivity contribution is 8.00. The fourth-order valence-corrected chi connectivity index (χ4v) is 5.10. The molecular weight excluding hydrogens is 410 g/mol. The van der Waals surface area contributed by atoms with Crippen LogP contribution in [0.4, 0.5) is 0 Å². The number of benzene rings is 1. The van der Waals surface area contributed by atoms with Gasteiger partial charge >= 0.3 is 5.97 Å². The number of aromatic nitrogens is 1. The minimum atomic E-state index is -0.405. The van der Waals surface area contributed by atoms with E-state index in [1.54, 1.807) is 4.57 Å². The van der Waals surface area contributed by atoms with Gasteiger partial charge in [-0.3, -0.25) is 14.4 Å². The minimum Gasteiger partial charge on any atom is -0.468 e. The van der Waals surface area contributed by atoms with Gasteiger partial charge in [0.1, 0.15) is 6.54 Å². The second kappa shape index (κ2) is 10.1. The average Bonchev–Trinajstić information content (AvgIpc) is 3.05. The molecule has 1 aliphatic rings. The Labute approximate surface area is 177 Å². The summed E-state index contributed by atoms with van der Waals surface area (Å²) in [6.45, 7) is 2.86.